The van der Waals surface area contributed by atoms with E-state index in [2.05, 4.69) is 28.9 Å². The molecule has 2 aromatic rings. The standard InChI is InChI=1S/C23H30N4O4/c1-23(2)15-9-8-14(16(23)10-15)11-24-21(29)18-6-5-7-19-25-17(12-27(18)19)22(30)26(3)13-20(28)31-4/h5-7,12,14-16H,8-11,13H2,1-4H3,(H,24,29)/t14-,15-,16+/m0/s1. The molecule has 2 amide bonds. The number of hydrogen-bond acceptors (Lipinski definition) is 5. The molecule has 8 heteroatoms. The third-order valence-electron chi connectivity index (χ3n) is 7.41. The minimum atomic E-state index is -0.511. The first-order valence-electron chi connectivity index (χ1n) is 10.8. The van der Waals surface area contributed by atoms with E-state index in [-0.39, 0.29) is 18.1 Å². The lowest BCUT2D eigenvalue weighted by atomic mass is 9.45. The highest BCUT2D eigenvalue weighted by molar-refractivity contribution is 5.96. The molecule has 2 aromatic heterocycles. The molecule has 3 atom stereocenters. The number of nitrogens with zero attached hydrogens (tertiary/aromatic N) is 3. The number of likely N-dealkylation sites (N-methyl/N-ethyl adjacent to an activating group) is 1. The van der Waals surface area contributed by atoms with Gasteiger partial charge in [-0.25, -0.2) is 4.98 Å². The quantitative estimate of drug-likeness (QED) is 0.716. The van der Waals surface area contributed by atoms with Crippen LogP contribution in [0.2, 0.25) is 0 Å². The van der Waals surface area contributed by atoms with Crippen LogP contribution in [0.5, 0.6) is 0 Å². The maximum atomic E-state index is 13.0. The average molecular weight is 427 g/mol. The maximum Gasteiger partial charge on any atom is 0.325 e. The van der Waals surface area contributed by atoms with Crippen molar-refractivity contribution in [2.24, 2.45) is 23.2 Å². The molecule has 0 unspecified atom stereocenters. The lowest BCUT2D eigenvalue weighted by molar-refractivity contribution is -0.141. The molecule has 1 N–H and O–H groups in total. The van der Waals surface area contributed by atoms with Crippen LogP contribution in [0.4, 0.5) is 0 Å². The van der Waals surface area contributed by atoms with E-state index in [1.807, 2.05) is 0 Å². The molecule has 0 aliphatic heterocycles. The Hall–Kier alpha value is -2.90. The van der Waals surface area contributed by atoms with Gasteiger partial charge in [-0.2, -0.15) is 0 Å². The van der Waals surface area contributed by atoms with E-state index in [0.717, 1.165) is 5.92 Å². The number of ether oxygens (including phenoxy) is 1. The van der Waals surface area contributed by atoms with Crippen molar-refractivity contribution in [2.45, 2.75) is 33.1 Å². The van der Waals surface area contributed by atoms with Gasteiger partial charge in [-0.1, -0.05) is 19.9 Å². The SMILES string of the molecule is COC(=O)CN(C)C(=O)c1cn2c(C(=O)NC[C@@H]3CC[C@H]4C[C@H]3C4(C)C)cccc2n1. The molecule has 3 aliphatic carbocycles. The van der Waals surface area contributed by atoms with Crippen molar-refractivity contribution >= 4 is 23.4 Å². The van der Waals surface area contributed by atoms with Crippen molar-refractivity contribution in [2.75, 3.05) is 27.2 Å². The maximum absolute atomic E-state index is 13.0. The Morgan fingerprint density at radius 3 is 2.74 bits per heavy atom. The summed E-state index contributed by atoms with van der Waals surface area (Å²) in [6.45, 7) is 5.19. The van der Waals surface area contributed by atoms with Crippen LogP contribution in [0.1, 0.15) is 54.1 Å². The van der Waals surface area contributed by atoms with Crippen molar-refractivity contribution in [3.8, 4) is 0 Å². The molecule has 3 saturated carbocycles. The lowest BCUT2D eigenvalue weighted by Gasteiger charge is -2.60. The van der Waals surface area contributed by atoms with Crippen LogP contribution >= 0.6 is 0 Å². The zero-order valence-corrected chi connectivity index (χ0v) is 18.6. The number of hydrogen-bond donors (Lipinski definition) is 1. The Balaban J connectivity index is 1.47. The summed E-state index contributed by atoms with van der Waals surface area (Å²) in [6, 6.07) is 5.22. The van der Waals surface area contributed by atoms with Gasteiger partial charge >= 0.3 is 5.97 Å². The number of pyridine rings is 1. The van der Waals surface area contributed by atoms with Gasteiger partial charge in [-0.15, -0.1) is 0 Å². The van der Waals surface area contributed by atoms with Gasteiger partial charge in [-0.3, -0.25) is 18.8 Å². The zero-order chi connectivity index (χ0) is 22.3. The fraction of sp³-hybridized carbons (Fsp3) is 0.565. The monoisotopic (exact) mass is 426 g/mol. The molecule has 3 fully saturated rings. The number of imidazole rings is 1. The number of fused-ring (bicyclic) bond motifs is 3. The number of rotatable bonds is 6. The third-order valence-corrected chi connectivity index (χ3v) is 7.41. The Morgan fingerprint density at radius 2 is 2.06 bits per heavy atom. The van der Waals surface area contributed by atoms with E-state index in [1.54, 1.807) is 28.8 Å². The minimum absolute atomic E-state index is 0.168. The number of esters is 1. The fourth-order valence-electron chi connectivity index (χ4n) is 5.35. The molecular formula is C23H30N4O4. The highest BCUT2D eigenvalue weighted by Gasteiger charge is 2.53. The molecular weight excluding hydrogens is 396 g/mol. The summed E-state index contributed by atoms with van der Waals surface area (Å²) in [5.41, 5.74) is 1.48. The number of aromatic nitrogens is 2. The summed E-state index contributed by atoms with van der Waals surface area (Å²) in [7, 11) is 2.78. The first-order chi connectivity index (χ1) is 14.7. The van der Waals surface area contributed by atoms with Crippen LogP contribution in [0.3, 0.4) is 0 Å². The zero-order valence-electron chi connectivity index (χ0n) is 18.6. The van der Waals surface area contributed by atoms with Gasteiger partial charge in [0.15, 0.2) is 0 Å². The molecule has 8 nitrogen and oxygen atoms in total. The second kappa shape index (κ2) is 7.98. The second-order valence-electron chi connectivity index (χ2n) is 9.41. The molecule has 31 heavy (non-hydrogen) atoms. The Morgan fingerprint density at radius 1 is 1.29 bits per heavy atom. The van der Waals surface area contributed by atoms with Crippen LogP contribution < -0.4 is 5.32 Å². The van der Waals surface area contributed by atoms with Gasteiger partial charge < -0.3 is 15.0 Å². The van der Waals surface area contributed by atoms with Gasteiger partial charge in [0, 0.05) is 19.8 Å². The number of carbonyl (C=O) groups is 3. The Bertz CT molecular complexity index is 1030. The van der Waals surface area contributed by atoms with Gasteiger partial charge in [0.05, 0.1) is 7.11 Å². The summed E-state index contributed by atoms with van der Waals surface area (Å²) >= 11 is 0. The smallest absolute Gasteiger partial charge is 0.325 e. The van der Waals surface area contributed by atoms with E-state index in [0.29, 0.717) is 35.1 Å². The summed E-state index contributed by atoms with van der Waals surface area (Å²) in [5, 5.41) is 3.10. The van der Waals surface area contributed by atoms with Gasteiger partial charge in [-0.05, 0) is 54.6 Å². The molecule has 2 bridgehead atoms. The number of carbonyl (C=O) groups excluding carboxylic acids is 3. The third kappa shape index (κ3) is 3.79. The summed E-state index contributed by atoms with van der Waals surface area (Å²) in [6.07, 6.45) is 5.22. The average Bonchev–Trinajstić information content (AvgIpc) is 3.20. The predicted octanol–water partition coefficient (Wildman–Crippen LogP) is 2.38. The number of amides is 2. The topological polar surface area (TPSA) is 93.0 Å². The fourth-order valence-corrected chi connectivity index (χ4v) is 5.35. The van der Waals surface area contributed by atoms with E-state index in [1.165, 1.54) is 38.3 Å². The van der Waals surface area contributed by atoms with Gasteiger partial charge in [0.1, 0.15) is 23.6 Å². The molecule has 3 aliphatic rings. The van der Waals surface area contributed by atoms with Crippen molar-refractivity contribution in [3.05, 3.63) is 35.8 Å². The van der Waals surface area contributed by atoms with E-state index in [9.17, 15) is 14.4 Å². The Labute approximate surface area is 182 Å². The van der Waals surface area contributed by atoms with Crippen molar-refractivity contribution in [1.29, 1.82) is 0 Å². The summed E-state index contributed by atoms with van der Waals surface area (Å²) in [4.78, 5) is 42.6. The van der Waals surface area contributed by atoms with Crippen LogP contribution in [0.25, 0.3) is 5.65 Å². The molecule has 0 spiro atoms. The van der Waals surface area contributed by atoms with Gasteiger partial charge in [0.2, 0.25) is 0 Å². The molecule has 2 heterocycles. The van der Waals surface area contributed by atoms with E-state index >= 15 is 0 Å². The highest BCUT2D eigenvalue weighted by atomic mass is 16.5. The molecule has 0 saturated heterocycles. The van der Waals surface area contributed by atoms with Crippen molar-refractivity contribution in [3.63, 3.8) is 0 Å². The highest BCUT2D eigenvalue weighted by Crippen LogP contribution is 2.61. The number of nitrogens with one attached hydrogen (secondary N) is 1. The predicted molar refractivity (Wildman–Crippen MR) is 115 cm³/mol. The number of methoxy groups -OCH3 is 1. The van der Waals surface area contributed by atoms with Crippen molar-refractivity contribution in [1.82, 2.24) is 19.6 Å². The van der Waals surface area contributed by atoms with Crippen LogP contribution in [0.15, 0.2) is 24.4 Å². The first-order valence-corrected chi connectivity index (χ1v) is 10.8. The van der Waals surface area contributed by atoms with Crippen LogP contribution in [-0.4, -0.2) is 59.3 Å². The molecule has 166 valence electrons. The minimum Gasteiger partial charge on any atom is -0.468 e. The summed E-state index contributed by atoms with van der Waals surface area (Å²) in [5.74, 6) is 0.912. The van der Waals surface area contributed by atoms with Crippen LogP contribution in [-0.2, 0) is 9.53 Å². The first kappa shape index (κ1) is 21.3. The molecule has 5 rings (SSSR count). The summed E-state index contributed by atoms with van der Waals surface area (Å²) < 4.78 is 6.23. The Kier molecular flexibility index (Phi) is 5.49. The lowest BCUT2D eigenvalue weighted by Crippen LogP contribution is -2.54. The van der Waals surface area contributed by atoms with E-state index < -0.39 is 11.9 Å². The van der Waals surface area contributed by atoms with Crippen LogP contribution in [0, 0.1) is 23.2 Å². The molecule has 0 radical (unpaired) electrons. The normalized spacial score (nSPS) is 23.7. The second-order valence-corrected chi connectivity index (χ2v) is 9.41. The largest absolute Gasteiger partial charge is 0.468 e. The van der Waals surface area contributed by atoms with Gasteiger partial charge in [0.25, 0.3) is 11.8 Å². The van der Waals surface area contributed by atoms with Crippen molar-refractivity contribution < 1.29 is 19.1 Å². The van der Waals surface area contributed by atoms with E-state index in [4.69, 9.17) is 0 Å². The molecule has 0 aromatic carbocycles.